The lowest BCUT2D eigenvalue weighted by atomic mass is 9.89. The number of sulfonamides is 1. The van der Waals surface area contributed by atoms with Gasteiger partial charge in [0.1, 0.15) is 10.7 Å². The van der Waals surface area contributed by atoms with Crippen LogP contribution in [0, 0.1) is 13.8 Å². The lowest BCUT2D eigenvalue weighted by molar-refractivity contribution is -0.145. The maximum absolute atomic E-state index is 14.1. The summed E-state index contributed by atoms with van der Waals surface area (Å²) in [7, 11) is -4.06. The minimum atomic E-state index is -4.73. The SMILES string of the molecule is Cc1ccc([C@@H](CC(=O)O)c2ccn3c(C(F)(F)F)nnc3c2C)nc1CN1C[C@H]2CCCCN2c2ncc(Cl)cc2S1(=O)=O. The van der Waals surface area contributed by atoms with Gasteiger partial charge < -0.3 is 10.0 Å². The van der Waals surface area contributed by atoms with Crippen LogP contribution in [0.5, 0.6) is 0 Å². The van der Waals surface area contributed by atoms with E-state index in [2.05, 4.69) is 15.2 Å². The summed E-state index contributed by atoms with van der Waals surface area (Å²) >= 11 is 6.20. The van der Waals surface area contributed by atoms with E-state index in [0.29, 0.717) is 40.4 Å². The number of aryl methyl sites for hydroxylation is 2. The van der Waals surface area contributed by atoms with Crippen LogP contribution in [0.2, 0.25) is 5.02 Å². The molecule has 4 aromatic heterocycles. The first-order valence-electron chi connectivity index (χ1n) is 14.3. The summed E-state index contributed by atoms with van der Waals surface area (Å²) in [5.74, 6) is -2.82. The topological polar surface area (TPSA) is 134 Å². The van der Waals surface area contributed by atoms with Crippen LogP contribution in [-0.4, -0.2) is 67.5 Å². The molecule has 0 radical (unpaired) electrons. The summed E-state index contributed by atoms with van der Waals surface area (Å²) in [5.41, 5.74) is 2.13. The normalized spacial score (nSPS) is 19.2. The smallest absolute Gasteiger partial charge is 0.452 e. The average Bonchev–Trinajstić information content (AvgIpc) is 3.40. The highest BCUT2D eigenvalue weighted by molar-refractivity contribution is 7.89. The van der Waals surface area contributed by atoms with Gasteiger partial charge in [0.15, 0.2) is 5.65 Å². The van der Waals surface area contributed by atoms with Crippen molar-refractivity contribution in [1.29, 1.82) is 0 Å². The standard InChI is InChI=1S/C29H29ClF3N7O4S/c1-16-6-7-22(21(12-25(41)42)20-8-10-40-26(17(20)2)36-37-28(40)29(31,32)33)35-23(16)15-38-14-19-5-3-4-9-39(19)27-24(45(38,43)44)11-18(30)13-34-27/h6-8,10-11,13,19,21H,3-5,9,12,14-15H2,1-2H3,(H,41,42)/t19-,21+/m1/s1. The highest BCUT2D eigenvalue weighted by atomic mass is 35.5. The van der Waals surface area contributed by atoms with Gasteiger partial charge in [-0.2, -0.15) is 17.5 Å². The first-order chi connectivity index (χ1) is 21.3. The van der Waals surface area contributed by atoms with Crippen LogP contribution in [0.1, 0.15) is 65.5 Å². The van der Waals surface area contributed by atoms with E-state index in [-0.39, 0.29) is 34.7 Å². The van der Waals surface area contributed by atoms with Crippen molar-refractivity contribution in [1.82, 2.24) is 28.9 Å². The molecule has 1 N–H and O–H groups in total. The van der Waals surface area contributed by atoms with Crippen LogP contribution >= 0.6 is 11.6 Å². The number of fused-ring (bicyclic) bond motifs is 4. The quantitative estimate of drug-likeness (QED) is 0.303. The molecular weight excluding hydrogens is 635 g/mol. The molecule has 45 heavy (non-hydrogen) atoms. The third-order valence-electron chi connectivity index (χ3n) is 8.51. The number of carbonyl (C=O) groups is 1. The number of hydrogen-bond acceptors (Lipinski definition) is 8. The molecule has 0 bridgehead atoms. The van der Waals surface area contributed by atoms with Crippen LogP contribution in [-0.2, 0) is 27.5 Å². The molecule has 0 aliphatic carbocycles. The number of carboxylic acids is 1. The third kappa shape index (κ3) is 5.72. The van der Waals surface area contributed by atoms with E-state index >= 15 is 0 Å². The number of pyridine rings is 3. The Labute approximate surface area is 261 Å². The largest absolute Gasteiger partial charge is 0.481 e. The number of halogens is 4. The fourth-order valence-corrected chi connectivity index (χ4v) is 8.07. The fraction of sp³-hybridized carbons (Fsp3) is 0.414. The van der Waals surface area contributed by atoms with E-state index in [0.717, 1.165) is 23.7 Å². The van der Waals surface area contributed by atoms with Crippen LogP contribution in [0.25, 0.3) is 5.65 Å². The molecule has 0 amide bonds. The molecule has 0 aromatic carbocycles. The van der Waals surface area contributed by atoms with Gasteiger partial charge in [-0.1, -0.05) is 17.7 Å². The molecule has 4 aromatic rings. The Morgan fingerprint density at radius 1 is 1.18 bits per heavy atom. The second-order valence-electron chi connectivity index (χ2n) is 11.4. The van der Waals surface area contributed by atoms with Crippen molar-refractivity contribution in [3.63, 3.8) is 0 Å². The number of nitrogens with zero attached hydrogens (tertiary/aromatic N) is 7. The van der Waals surface area contributed by atoms with Crippen molar-refractivity contribution in [2.24, 2.45) is 0 Å². The van der Waals surface area contributed by atoms with Gasteiger partial charge in [-0.05, 0) is 68.0 Å². The van der Waals surface area contributed by atoms with Crippen molar-refractivity contribution < 1.29 is 31.5 Å². The molecule has 16 heteroatoms. The molecule has 1 saturated heterocycles. The van der Waals surface area contributed by atoms with Crippen molar-refractivity contribution in [3.05, 3.63) is 75.6 Å². The summed E-state index contributed by atoms with van der Waals surface area (Å²) in [6.07, 6.45) is 0.101. The molecule has 2 aliphatic heterocycles. The van der Waals surface area contributed by atoms with E-state index in [9.17, 15) is 31.5 Å². The van der Waals surface area contributed by atoms with Gasteiger partial charge in [0.05, 0.1) is 23.7 Å². The van der Waals surface area contributed by atoms with Crippen LogP contribution in [0.4, 0.5) is 19.0 Å². The predicted molar refractivity (Wildman–Crippen MR) is 158 cm³/mol. The number of aliphatic carboxylic acids is 1. The summed E-state index contributed by atoms with van der Waals surface area (Å²) < 4.78 is 70.7. The number of piperidine rings is 1. The van der Waals surface area contributed by atoms with Gasteiger partial charge in [-0.25, -0.2) is 13.4 Å². The minimum absolute atomic E-state index is 0.0208. The molecular formula is C29H29ClF3N7O4S. The summed E-state index contributed by atoms with van der Waals surface area (Å²) in [5, 5.41) is 17.0. The van der Waals surface area contributed by atoms with Crippen molar-refractivity contribution in [2.75, 3.05) is 18.0 Å². The minimum Gasteiger partial charge on any atom is -0.481 e. The Morgan fingerprint density at radius 3 is 2.69 bits per heavy atom. The number of aromatic nitrogens is 5. The zero-order chi connectivity index (χ0) is 32.3. The lowest BCUT2D eigenvalue weighted by Crippen LogP contribution is -2.45. The number of hydrogen-bond donors (Lipinski definition) is 1. The van der Waals surface area contributed by atoms with E-state index in [4.69, 9.17) is 16.6 Å². The Morgan fingerprint density at radius 2 is 1.96 bits per heavy atom. The summed E-state index contributed by atoms with van der Waals surface area (Å²) in [4.78, 5) is 23.3. The van der Waals surface area contributed by atoms with Crippen molar-refractivity contribution in [3.8, 4) is 0 Å². The van der Waals surface area contributed by atoms with E-state index in [1.807, 2.05) is 4.90 Å². The van der Waals surface area contributed by atoms with Gasteiger partial charge in [0.25, 0.3) is 0 Å². The highest BCUT2D eigenvalue weighted by Crippen LogP contribution is 2.38. The van der Waals surface area contributed by atoms with Crippen LogP contribution in [0.15, 0.2) is 41.6 Å². The Balaban J connectivity index is 1.41. The predicted octanol–water partition coefficient (Wildman–Crippen LogP) is 4.98. The molecule has 2 aliphatic rings. The number of rotatable bonds is 6. The molecule has 0 spiro atoms. The van der Waals surface area contributed by atoms with Gasteiger partial charge in [0, 0.05) is 43.1 Å². The third-order valence-corrected chi connectivity index (χ3v) is 10.5. The van der Waals surface area contributed by atoms with Gasteiger partial charge >= 0.3 is 12.1 Å². The Bertz CT molecular complexity index is 1920. The average molecular weight is 664 g/mol. The van der Waals surface area contributed by atoms with E-state index in [1.165, 1.54) is 28.8 Å². The van der Waals surface area contributed by atoms with Gasteiger partial charge in [0.2, 0.25) is 15.8 Å². The first-order valence-corrected chi connectivity index (χ1v) is 16.1. The maximum Gasteiger partial charge on any atom is 0.452 e. The van der Waals surface area contributed by atoms with Gasteiger partial charge in [-0.15, -0.1) is 10.2 Å². The maximum atomic E-state index is 14.1. The molecule has 2 atom stereocenters. The van der Waals surface area contributed by atoms with Crippen LogP contribution in [0.3, 0.4) is 0 Å². The summed E-state index contributed by atoms with van der Waals surface area (Å²) in [6.45, 7) is 4.12. The second kappa shape index (κ2) is 11.5. The van der Waals surface area contributed by atoms with Crippen molar-refractivity contribution in [2.45, 2.75) is 69.1 Å². The molecule has 238 valence electrons. The molecule has 0 saturated carbocycles. The monoisotopic (exact) mass is 663 g/mol. The molecule has 11 nitrogen and oxygen atoms in total. The number of alkyl halides is 3. The zero-order valence-corrected chi connectivity index (χ0v) is 25.9. The number of carboxylic acid groups (broad SMARTS) is 1. The van der Waals surface area contributed by atoms with Gasteiger partial charge in [-0.3, -0.25) is 14.2 Å². The van der Waals surface area contributed by atoms with E-state index in [1.54, 1.807) is 26.0 Å². The number of anilines is 1. The molecule has 0 unspecified atom stereocenters. The molecule has 6 rings (SSSR count). The lowest BCUT2D eigenvalue weighted by Gasteiger charge is -2.36. The Hall–Kier alpha value is -3.82. The van der Waals surface area contributed by atoms with E-state index < -0.39 is 40.3 Å². The molecule has 1 fully saturated rings. The van der Waals surface area contributed by atoms with Crippen molar-refractivity contribution >= 4 is 39.1 Å². The molecule has 6 heterocycles. The first kappa shape index (κ1) is 31.2. The fourth-order valence-electron chi connectivity index (χ4n) is 6.24. The summed E-state index contributed by atoms with van der Waals surface area (Å²) in [6, 6.07) is 6.12. The highest BCUT2D eigenvalue weighted by Gasteiger charge is 2.40. The van der Waals surface area contributed by atoms with Crippen LogP contribution < -0.4 is 4.90 Å². The zero-order valence-electron chi connectivity index (χ0n) is 24.3. The Kier molecular flexibility index (Phi) is 7.98. The second-order valence-corrected chi connectivity index (χ2v) is 13.7.